The molecule has 9 heteroatoms. The molecular weight excluding hydrogens is 424 g/mol. The largest absolute Gasteiger partial charge is 0.481 e. The van der Waals surface area contributed by atoms with Gasteiger partial charge in [0.1, 0.15) is 0 Å². The smallest absolute Gasteiger partial charge is 0.347 e. The Kier molecular flexibility index (Phi) is 11.7. The Labute approximate surface area is 186 Å². The van der Waals surface area contributed by atoms with Crippen LogP contribution in [0.25, 0.3) is 0 Å². The van der Waals surface area contributed by atoms with Crippen LogP contribution in [0.2, 0.25) is 0 Å². The summed E-state index contributed by atoms with van der Waals surface area (Å²) in [4.78, 5) is 20.7. The second-order valence-electron chi connectivity index (χ2n) is 8.65. The number of rotatable bonds is 14. The molecule has 0 bridgehead atoms. The normalized spacial score (nSPS) is 25.5. The molecule has 0 saturated carbocycles. The maximum absolute atomic E-state index is 11.6. The quantitative estimate of drug-likeness (QED) is 0.295. The number of epoxide rings is 2. The van der Waals surface area contributed by atoms with Gasteiger partial charge < -0.3 is 19.7 Å². The Morgan fingerprint density at radius 1 is 0.806 bits per heavy atom. The molecule has 0 aromatic rings. The van der Waals surface area contributed by atoms with Gasteiger partial charge in [-0.15, -0.1) is 0 Å². The van der Waals surface area contributed by atoms with E-state index in [9.17, 15) is 23.1 Å². The van der Waals surface area contributed by atoms with Gasteiger partial charge in [0.2, 0.25) is 10.3 Å². The molecule has 2 fully saturated rings. The third-order valence-electron chi connectivity index (χ3n) is 5.86. The number of carbonyl (C=O) groups is 2. The van der Waals surface area contributed by atoms with E-state index in [2.05, 4.69) is 13.8 Å². The molecule has 31 heavy (non-hydrogen) atoms. The van der Waals surface area contributed by atoms with Crippen LogP contribution in [-0.2, 0) is 29.4 Å². The van der Waals surface area contributed by atoms with Gasteiger partial charge >= 0.3 is 11.9 Å². The van der Waals surface area contributed by atoms with Crippen molar-refractivity contribution in [2.45, 2.75) is 116 Å². The second-order valence-corrected chi connectivity index (χ2v) is 9.53. The molecule has 2 aliphatic rings. The third-order valence-corrected chi connectivity index (χ3v) is 6.86. The predicted molar refractivity (Wildman–Crippen MR) is 118 cm³/mol. The van der Waals surface area contributed by atoms with Crippen LogP contribution in [-0.4, -0.2) is 59.8 Å². The molecule has 180 valence electrons. The van der Waals surface area contributed by atoms with Gasteiger partial charge in [-0.1, -0.05) is 40.5 Å². The van der Waals surface area contributed by atoms with E-state index in [0.717, 1.165) is 32.1 Å². The molecule has 0 aromatic heterocycles. The Balaban J connectivity index is 0.000000703. The molecule has 2 rings (SSSR count). The second kappa shape index (κ2) is 13.2. The van der Waals surface area contributed by atoms with Gasteiger partial charge in [0, 0.05) is 11.8 Å². The molecule has 4 unspecified atom stereocenters. The molecule has 2 saturated heterocycles. The van der Waals surface area contributed by atoms with Gasteiger partial charge in [0.05, 0.1) is 24.4 Å². The van der Waals surface area contributed by atoms with Gasteiger partial charge in [0.25, 0.3) is 0 Å². The maximum Gasteiger partial charge on any atom is 0.347 e. The summed E-state index contributed by atoms with van der Waals surface area (Å²) in [6.45, 7) is 7.79. The van der Waals surface area contributed by atoms with Crippen molar-refractivity contribution in [1.29, 1.82) is 0 Å². The van der Waals surface area contributed by atoms with Crippen LogP contribution in [0.15, 0.2) is 0 Å². The van der Waals surface area contributed by atoms with Crippen molar-refractivity contribution in [3.63, 3.8) is 0 Å². The summed E-state index contributed by atoms with van der Waals surface area (Å²) in [6, 6.07) is 0. The van der Waals surface area contributed by atoms with E-state index in [1.807, 2.05) is 6.92 Å². The molecule has 0 aliphatic carbocycles. The van der Waals surface area contributed by atoms with Crippen molar-refractivity contribution >= 4 is 27.1 Å². The molecule has 0 radical (unpaired) electrons. The first-order chi connectivity index (χ1) is 14.6. The van der Waals surface area contributed by atoms with Crippen molar-refractivity contribution in [2.24, 2.45) is 5.41 Å². The van der Waals surface area contributed by atoms with Gasteiger partial charge in [-0.3, -0.25) is 4.79 Å². The summed E-state index contributed by atoms with van der Waals surface area (Å²) in [7, 11) is -2.73. The fourth-order valence-electron chi connectivity index (χ4n) is 3.96. The molecule has 0 spiro atoms. The van der Waals surface area contributed by atoms with Crippen LogP contribution in [0.3, 0.4) is 0 Å². The highest BCUT2D eigenvalue weighted by Gasteiger charge is 2.45. The molecule has 8 nitrogen and oxygen atoms in total. The third kappa shape index (κ3) is 9.70. The zero-order valence-corrected chi connectivity index (χ0v) is 19.9. The monoisotopic (exact) mass is 462 g/mol. The highest BCUT2D eigenvalue weighted by Crippen LogP contribution is 2.40. The first kappa shape index (κ1) is 27.6. The number of hydrogen-bond acceptors (Lipinski definition) is 6. The average molecular weight is 463 g/mol. The minimum Gasteiger partial charge on any atom is -0.481 e. The number of hydrogen-bond donors (Lipinski definition) is 2. The SMILES string of the molecule is CCCC(=O)O.CCCC1OC1CCC(C)(CCC1OC1CCC)C(C(=O)O)=S(=O)=O. The summed E-state index contributed by atoms with van der Waals surface area (Å²) < 4.78 is 34.3. The first-order valence-corrected chi connectivity index (χ1v) is 12.4. The summed E-state index contributed by atoms with van der Waals surface area (Å²) >= 11 is 0. The fourth-order valence-corrected chi connectivity index (χ4v) is 4.71. The number of carboxylic acid groups (broad SMARTS) is 2. The number of aliphatic carboxylic acids is 2. The minimum atomic E-state index is -2.73. The van der Waals surface area contributed by atoms with E-state index in [0.29, 0.717) is 32.1 Å². The molecule has 4 atom stereocenters. The Morgan fingerprint density at radius 3 is 1.48 bits per heavy atom. The lowest BCUT2D eigenvalue weighted by molar-refractivity contribution is -0.137. The van der Waals surface area contributed by atoms with Crippen molar-refractivity contribution in [3.8, 4) is 0 Å². The number of carboxylic acids is 2. The van der Waals surface area contributed by atoms with Crippen LogP contribution in [0.5, 0.6) is 0 Å². The molecular formula is C22H38O8S. The molecule has 0 amide bonds. The van der Waals surface area contributed by atoms with E-state index in [-0.39, 0.29) is 24.4 Å². The van der Waals surface area contributed by atoms with Crippen molar-refractivity contribution < 1.29 is 37.7 Å². The summed E-state index contributed by atoms with van der Waals surface area (Å²) in [5.41, 5.74) is -0.885. The minimum absolute atomic E-state index is 0.138. The van der Waals surface area contributed by atoms with Gasteiger partial charge in [-0.05, 0) is 44.9 Å². The standard InChI is InChI=1S/C18H30O6S.C4H8O2/c1-4-6-12-14(23-12)8-10-18(3,16(17(19)20)25(21)22)11-9-15-13(24-15)7-5-2;1-2-3-4(5)6/h12-15H,4-11H2,1-3H3,(H,19,20);2-3H2,1H3,(H,5,6). The van der Waals surface area contributed by atoms with Crippen LogP contribution in [0.1, 0.15) is 91.9 Å². The van der Waals surface area contributed by atoms with E-state index in [1.165, 1.54) is 0 Å². The van der Waals surface area contributed by atoms with Crippen LogP contribution < -0.4 is 0 Å². The predicted octanol–water partition coefficient (Wildman–Crippen LogP) is 3.70. The lowest BCUT2D eigenvalue weighted by atomic mass is 9.76. The summed E-state index contributed by atoms with van der Waals surface area (Å²) in [5.74, 6) is -2.06. The zero-order chi connectivity index (χ0) is 23.6. The lowest BCUT2D eigenvalue weighted by Gasteiger charge is -2.27. The maximum atomic E-state index is 11.6. The molecule has 0 aromatic carbocycles. The Hall–Kier alpha value is -1.45. The van der Waals surface area contributed by atoms with Gasteiger partial charge in [-0.25, -0.2) is 4.79 Å². The van der Waals surface area contributed by atoms with Crippen LogP contribution in [0, 0.1) is 5.41 Å². The first-order valence-electron chi connectivity index (χ1n) is 11.3. The van der Waals surface area contributed by atoms with Crippen molar-refractivity contribution in [3.05, 3.63) is 0 Å². The highest BCUT2D eigenvalue weighted by atomic mass is 32.2. The molecule has 2 aliphatic heterocycles. The Bertz CT molecular complexity index is 698. The molecule has 2 heterocycles. The summed E-state index contributed by atoms with van der Waals surface area (Å²) in [6.07, 6.45) is 8.28. The lowest BCUT2D eigenvalue weighted by Crippen LogP contribution is -2.35. The highest BCUT2D eigenvalue weighted by molar-refractivity contribution is 7.74. The summed E-state index contributed by atoms with van der Waals surface area (Å²) in [5, 5.41) is 17.3. The topological polar surface area (TPSA) is 134 Å². The average Bonchev–Trinajstić information content (AvgIpc) is 3.56. The van der Waals surface area contributed by atoms with E-state index in [4.69, 9.17) is 14.6 Å². The van der Waals surface area contributed by atoms with Crippen LogP contribution in [0.4, 0.5) is 0 Å². The van der Waals surface area contributed by atoms with E-state index < -0.39 is 32.5 Å². The van der Waals surface area contributed by atoms with Crippen molar-refractivity contribution in [2.75, 3.05) is 0 Å². The van der Waals surface area contributed by atoms with E-state index >= 15 is 0 Å². The van der Waals surface area contributed by atoms with Crippen LogP contribution >= 0.6 is 0 Å². The van der Waals surface area contributed by atoms with Gasteiger partial charge in [-0.2, -0.15) is 8.42 Å². The van der Waals surface area contributed by atoms with E-state index in [1.54, 1.807) is 6.92 Å². The molecule has 2 N–H and O–H groups in total. The fraction of sp³-hybridized carbons (Fsp3) is 0.864. The zero-order valence-electron chi connectivity index (χ0n) is 19.1. The Morgan fingerprint density at radius 2 is 1.23 bits per heavy atom. The number of ether oxygens (including phenoxy) is 2. The van der Waals surface area contributed by atoms with Crippen molar-refractivity contribution in [1.82, 2.24) is 0 Å². The van der Waals surface area contributed by atoms with Gasteiger partial charge in [0.15, 0.2) is 4.86 Å².